The molecule has 2 unspecified atom stereocenters. The number of benzene rings is 2. The summed E-state index contributed by atoms with van der Waals surface area (Å²) in [4.78, 5) is 13.0. The minimum Gasteiger partial charge on any atom is -0.329 e. The second kappa shape index (κ2) is 7.31. The maximum atomic E-state index is 12.9. The van der Waals surface area contributed by atoms with Gasteiger partial charge in [0.25, 0.3) is 0 Å². The maximum absolute atomic E-state index is 12.9. The number of anilines is 1. The molecule has 2 aliphatic carbocycles. The van der Waals surface area contributed by atoms with Crippen LogP contribution in [0.3, 0.4) is 0 Å². The van der Waals surface area contributed by atoms with Crippen molar-refractivity contribution in [3.63, 3.8) is 0 Å². The molecular weight excluding hydrogens is 374 g/mol. The molecule has 2 aromatic carbocycles. The van der Waals surface area contributed by atoms with Crippen LogP contribution in [0.2, 0.25) is 0 Å². The molecule has 1 amide bonds. The van der Waals surface area contributed by atoms with Gasteiger partial charge in [-0.2, -0.15) is 0 Å². The van der Waals surface area contributed by atoms with Gasteiger partial charge in [0.15, 0.2) is 0 Å². The van der Waals surface area contributed by atoms with Crippen LogP contribution in [-0.2, 0) is 26.7 Å². The summed E-state index contributed by atoms with van der Waals surface area (Å²) in [7, 11) is -3.63. The fourth-order valence-electron chi connectivity index (χ4n) is 4.42. The second-order valence-electron chi connectivity index (χ2n) is 7.63. The first-order valence-corrected chi connectivity index (χ1v) is 11.1. The highest BCUT2D eigenvalue weighted by Crippen LogP contribution is 2.60. The van der Waals surface area contributed by atoms with Gasteiger partial charge in [0.2, 0.25) is 15.9 Å². The Hall–Kier alpha value is -2.22. The van der Waals surface area contributed by atoms with Crippen LogP contribution in [0.4, 0.5) is 5.69 Å². The van der Waals surface area contributed by atoms with Crippen LogP contribution in [0.5, 0.6) is 0 Å². The summed E-state index contributed by atoms with van der Waals surface area (Å²) in [6.07, 6.45) is 4.05. The van der Waals surface area contributed by atoms with E-state index in [1.807, 2.05) is 6.07 Å². The van der Waals surface area contributed by atoms with Gasteiger partial charge in [0, 0.05) is 30.1 Å². The molecule has 0 radical (unpaired) electrons. The zero-order valence-electron chi connectivity index (χ0n) is 15.6. The van der Waals surface area contributed by atoms with Crippen molar-refractivity contribution in [3.05, 3.63) is 59.7 Å². The number of carbonyl (C=O) groups is 1. The predicted octanol–water partition coefficient (Wildman–Crippen LogP) is 2.16. The number of carbonyl (C=O) groups excluding carboxylic acids is 1. The molecule has 148 valence electrons. The van der Waals surface area contributed by atoms with Gasteiger partial charge in [0.05, 0.1) is 4.90 Å². The SMILES string of the molecule is NCCNS(=O)(=O)c1cccc(NC(=O)C2CC23CCCc2ccccc23)c1. The molecule has 1 spiro atoms. The van der Waals surface area contributed by atoms with Crippen molar-refractivity contribution < 1.29 is 13.2 Å². The number of fused-ring (bicyclic) bond motifs is 2. The van der Waals surface area contributed by atoms with Crippen LogP contribution < -0.4 is 15.8 Å². The maximum Gasteiger partial charge on any atom is 0.240 e. The summed E-state index contributed by atoms with van der Waals surface area (Å²) in [6, 6.07) is 14.7. The number of aryl methyl sites for hydroxylation is 1. The lowest BCUT2D eigenvalue weighted by atomic mass is 9.78. The van der Waals surface area contributed by atoms with E-state index >= 15 is 0 Å². The number of sulfonamides is 1. The Morgan fingerprint density at radius 3 is 2.82 bits per heavy atom. The van der Waals surface area contributed by atoms with E-state index in [9.17, 15) is 13.2 Å². The lowest BCUT2D eigenvalue weighted by Crippen LogP contribution is -2.29. The molecule has 0 aromatic heterocycles. The average molecular weight is 400 g/mol. The molecule has 0 saturated heterocycles. The van der Waals surface area contributed by atoms with Gasteiger partial charge >= 0.3 is 0 Å². The zero-order chi connectivity index (χ0) is 19.8. The first-order chi connectivity index (χ1) is 13.5. The highest BCUT2D eigenvalue weighted by Gasteiger charge is 2.60. The van der Waals surface area contributed by atoms with E-state index in [4.69, 9.17) is 5.73 Å². The van der Waals surface area contributed by atoms with Crippen LogP contribution in [-0.4, -0.2) is 27.4 Å². The standard InChI is InChI=1S/C21H25N3O3S/c22-11-12-23-28(26,27)17-8-3-7-16(13-17)24-20(25)19-14-21(19)10-4-6-15-5-1-2-9-18(15)21/h1-3,5,7-9,13,19,23H,4,6,10-12,14,22H2,(H,24,25). The van der Waals surface area contributed by atoms with E-state index in [1.165, 1.54) is 23.3 Å². The third-order valence-corrected chi connectivity index (χ3v) is 7.32. The highest BCUT2D eigenvalue weighted by atomic mass is 32.2. The summed E-state index contributed by atoms with van der Waals surface area (Å²) >= 11 is 0. The molecule has 6 nitrogen and oxygen atoms in total. The van der Waals surface area contributed by atoms with Crippen molar-refractivity contribution in [3.8, 4) is 0 Å². The third-order valence-electron chi connectivity index (χ3n) is 5.86. The number of nitrogens with two attached hydrogens (primary N) is 1. The van der Waals surface area contributed by atoms with Gasteiger partial charge < -0.3 is 11.1 Å². The molecule has 2 aromatic rings. The Kier molecular flexibility index (Phi) is 4.99. The topological polar surface area (TPSA) is 101 Å². The quantitative estimate of drug-likeness (QED) is 0.693. The Morgan fingerprint density at radius 2 is 2.00 bits per heavy atom. The van der Waals surface area contributed by atoms with Crippen LogP contribution in [0.15, 0.2) is 53.4 Å². The van der Waals surface area contributed by atoms with Crippen LogP contribution in [0.1, 0.15) is 30.4 Å². The predicted molar refractivity (Wildman–Crippen MR) is 108 cm³/mol. The van der Waals surface area contributed by atoms with E-state index < -0.39 is 10.0 Å². The van der Waals surface area contributed by atoms with Crippen molar-refractivity contribution >= 4 is 21.6 Å². The number of rotatable bonds is 6. The summed E-state index contributed by atoms with van der Waals surface area (Å²) in [5, 5.41) is 2.92. The largest absolute Gasteiger partial charge is 0.329 e. The number of hydrogen-bond acceptors (Lipinski definition) is 4. The van der Waals surface area contributed by atoms with E-state index in [0.29, 0.717) is 5.69 Å². The van der Waals surface area contributed by atoms with E-state index in [1.54, 1.807) is 12.1 Å². The van der Waals surface area contributed by atoms with Gasteiger partial charge in [-0.15, -0.1) is 0 Å². The smallest absolute Gasteiger partial charge is 0.240 e. The molecule has 4 rings (SSSR count). The molecule has 7 heteroatoms. The van der Waals surface area contributed by atoms with E-state index in [-0.39, 0.29) is 35.2 Å². The van der Waals surface area contributed by atoms with Gasteiger partial charge in [-0.3, -0.25) is 4.79 Å². The Labute approximate surface area is 165 Å². The molecule has 1 saturated carbocycles. The Morgan fingerprint density at radius 1 is 1.18 bits per heavy atom. The third kappa shape index (κ3) is 3.45. The molecule has 2 atom stereocenters. The molecule has 1 fully saturated rings. The van der Waals surface area contributed by atoms with Crippen LogP contribution >= 0.6 is 0 Å². The summed E-state index contributed by atoms with van der Waals surface area (Å²) in [5.41, 5.74) is 8.47. The Balaban J connectivity index is 1.50. The summed E-state index contributed by atoms with van der Waals surface area (Å²) < 4.78 is 27.0. The van der Waals surface area contributed by atoms with Gasteiger partial charge in [-0.25, -0.2) is 13.1 Å². The first kappa shape index (κ1) is 19.1. The second-order valence-corrected chi connectivity index (χ2v) is 9.39. The van der Waals surface area contributed by atoms with Crippen LogP contribution in [0, 0.1) is 5.92 Å². The molecule has 0 heterocycles. The number of amides is 1. The summed E-state index contributed by atoms with van der Waals surface area (Å²) in [6.45, 7) is 0.393. The molecule has 0 bridgehead atoms. The monoisotopic (exact) mass is 399 g/mol. The summed E-state index contributed by atoms with van der Waals surface area (Å²) in [5.74, 6) is -0.106. The fourth-order valence-corrected chi connectivity index (χ4v) is 5.52. The molecule has 28 heavy (non-hydrogen) atoms. The van der Waals surface area contributed by atoms with Crippen molar-refractivity contribution in [1.29, 1.82) is 0 Å². The minimum atomic E-state index is -3.63. The first-order valence-electron chi connectivity index (χ1n) is 9.65. The molecule has 0 aliphatic heterocycles. The zero-order valence-corrected chi connectivity index (χ0v) is 16.5. The molecule has 4 N–H and O–H groups in total. The van der Waals surface area contributed by atoms with Gasteiger partial charge in [-0.05, 0) is 55.0 Å². The van der Waals surface area contributed by atoms with Crippen molar-refractivity contribution in [2.75, 3.05) is 18.4 Å². The van der Waals surface area contributed by atoms with Crippen molar-refractivity contribution in [1.82, 2.24) is 4.72 Å². The number of hydrogen-bond donors (Lipinski definition) is 3. The van der Waals surface area contributed by atoms with E-state index in [0.717, 1.165) is 25.7 Å². The minimum absolute atomic E-state index is 0.0406. The lowest BCUT2D eigenvalue weighted by molar-refractivity contribution is -0.117. The van der Waals surface area contributed by atoms with Crippen molar-refractivity contribution in [2.45, 2.75) is 36.0 Å². The molecule has 2 aliphatic rings. The van der Waals surface area contributed by atoms with Crippen LogP contribution in [0.25, 0.3) is 0 Å². The van der Waals surface area contributed by atoms with E-state index in [2.05, 4.69) is 28.2 Å². The average Bonchev–Trinajstić information content (AvgIpc) is 3.42. The normalized spacial score (nSPS) is 23.2. The molecular formula is C21H25N3O3S. The Bertz CT molecular complexity index is 1010. The van der Waals surface area contributed by atoms with Gasteiger partial charge in [0.1, 0.15) is 0 Å². The number of nitrogens with one attached hydrogen (secondary N) is 2. The van der Waals surface area contributed by atoms with Gasteiger partial charge in [-0.1, -0.05) is 30.3 Å². The van der Waals surface area contributed by atoms with Crippen molar-refractivity contribution in [2.24, 2.45) is 11.7 Å². The highest BCUT2D eigenvalue weighted by molar-refractivity contribution is 7.89. The fraction of sp³-hybridized carbons (Fsp3) is 0.381. The lowest BCUT2D eigenvalue weighted by Gasteiger charge is -2.26.